The van der Waals surface area contributed by atoms with Crippen LogP contribution in [0.1, 0.15) is 41.5 Å². The van der Waals surface area contributed by atoms with E-state index in [0.717, 1.165) is 38.3 Å². The van der Waals surface area contributed by atoms with Crippen molar-refractivity contribution in [3.8, 4) is 23.3 Å². The Labute approximate surface area is 299 Å². The van der Waals surface area contributed by atoms with Crippen LogP contribution in [0.3, 0.4) is 0 Å². The van der Waals surface area contributed by atoms with E-state index in [2.05, 4.69) is 53.7 Å². The summed E-state index contributed by atoms with van der Waals surface area (Å²) >= 11 is 0. The molecule has 0 bridgehead atoms. The lowest BCUT2D eigenvalue weighted by atomic mass is 9.92. The third-order valence-corrected chi connectivity index (χ3v) is 8.52. The first-order valence-electron chi connectivity index (χ1n) is 16.6. The Bertz CT molecular complexity index is 1380. The molecule has 2 aliphatic rings. The molecule has 0 aliphatic carbocycles. The highest BCUT2D eigenvalue weighted by molar-refractivity contribution is 5.82. The predicted molar refractivity (Wildman–Crippen MR) is 178 cm³/mol. The summed E-state index contributed by atoms with van der Waals surface area (Å²) in [5.41, 5.74) is -1.90. The molecule has 12 nitrogen and oxygen atoms in total. The number of likely N-dealkylation sites (N-methyl/N-ethyl adjacent to an activating group) is 2. The third kappa shape index (κ3) is 13.2. The fraction of sp³-hybridized carbons (Fsp3) is 0.647. The summed E-state index contributed by atoms with van der Waals surface area (Å²) in [6, 6.07) is 4.90. The Hall–Kier alpha value is -4.06. The average Bonchev–Trinajstić information content (AvgIpc) is 3.51. The molecule has 4 rings (SSSR count). The zero-order valence-corrected chi connectivity index (χ0v) is 30.5. The largest absolute Gasteiger partial charge is 0.573 e. The van der Waals surface area contributed by atoms with Crippen LogP contribution in [-0.2, 0) is 9.59 Å². The molecule has 52 heavy (non-hydrogen) atoms. The number of nitrogens with zero attached hydrogens (tertiary/aromatic N) is 4. The van der Waals surface area contributed by atoms with E-state index in [4.69, 9.17) is 9.47 Å². The number of likely N-dealkylation sites (tertiary alicyclic amines) is 2. The first kappa shape index (κ1) is 42.4. The van der Waals surface area contributed by atoms with Gasteiger partial charge in [-0.1, -0.05) is 13.8 Å². The van der Waals surface area contributed by atoms with Crippen LogP contribution in [0.5, 0.6) is 23.3 Å². The molecule has 0 spiro atoms. The summed E-state index contributed by atoms with van der Waals surface area (Å²) in [6.45, 7) is 13.8. The number of hydrogen-bond donors (Lipinski definition) is 2. The van der Waals surface area contributed by atoms with Crippen LogP contribution in [0.4, 0.5) is 26.3 Å². The van der Waals surface area contributed by atoms with E-state index in [0.29, 0.717) is 11.8 Å². The van der Waals surface area contributed by atoms with E-state index < -0.39 is 35.1 Å². The van der Waals surface area contributed by atoms with E-state index >= 15 is 0 Å². The smallest absolute Gasteiger partial charge is 0.474 e. The normalized spacial score (nSPS) is 21.5. The minimum atomic E-state index is -4.85. The second-order valence-electron chi connectivity index (χ2n) is 14.6. The van der Waals surface area contributed by atoms with Crippen molar-refractivity contribution in [2.45, 2.75) is 66.4 Å². The fourth-order valence-corrected chi connectivity index (χ4v) is 5.52. The standard InChI is InChI=1S/2C17H24F3N3O3/c2*1-11-8-23(4)9-12(11)22-15(24)16(2,3)10-25-14-13(6-5-7-21-14)26-17(18,19)20/h2*5-7,11-12H,8-10H2,1-4H3,(H,22,24)/t2*11-,12-/m10/s1. The molecule has 0 saturated carbocycles. The Balaban J connectivity index is 0.000000280. The van der Waals surface area contributed by atoms with Crippen molar-refractivity contribution in [2.75, 3.05) is 53.5 Å². The average molecular weight is 751 g/mol. The van der Waals surface area contributed by atoms with Crippen LogP contribution in [0.15, 0.2) is 36.7 Å². The summed E-state index contributed by atoms with van der Waals surface area (Å²) in [5, 5.41) is 5.99. The second kappa shape index (κ2) is 17.2. The van der Waals surface area contributed by atoms with Crippen molar-refractivity contribution >= 4 is 11.8 Å². The van der Waals surface area contributed by atoms with E-state index in [1.165, 1.54) is 24.5 Å². The molecule has 0 radical (unpaired) electrons. The number of carbonyl (C=O) groups is 2. The quantitative estimate of drug-likeness (QED) is 0.290. The number of alkyl halides is 6. The molecule has 18 heteroatoms. The summed E-state index contributed by atoms with van der Waals surface area (Å²) in [5.74, 6) is -1.49. The van der Waals surface area contributed by atoms with Gasteiger partial charge in [-0.15, -0.1) is 26.3 Å². The second-order valence-corrected chi connectivity index (χ2v) is 14.6. The van der Waals surface area contributed by atoms with Crippen molar-refractivity contribution in [2.24, 2.45) is 22.7 Å². The highest BCUT2D eigenvalue weighted by Crippen LogP contribution is 2.33. The van der Waals surface area contributed by atoms with E-state index in [9.17, 15) is 35.9 Å². The van der Waals surface area contributed by atoms with Gasteiger partial charge in [-0.25, -0.2) is 9.97 Å². The maximum absolute atomic E-state index is 12.6. The zero-order chi connectivity index (χ0) is 39.1. The van der Waals surface area contributed by atoms with Crippen LogP contribution >= 0.6 is 0 Å². The highest BCUT2D eigenvalue weighted by Gasteiger charge is 2.38. The van der Waals surface area contributed by atoms with Crippen molar-refractivity contribution < 1.29 is 54.9 Å². The van der Waals surface area contributed by atoms with Crippen molar-refractivity contribution in [1.29, 1.82) is 0 Å². The number of aromatic nitrogens is 2. The fourth-order valence-electron chi connectivity index (χ4n) is 5.52. The number of hydrogen-bond acceptors (Lipinski definition) is 10. The van der Waals surface area contributed by atoms with E-state index in [1.54, 1.807) is 27.7 Å². The molecule has 2 fully saturated rings. The van der Waals surface area contributed by atoms with Crippen LogP contribution in [-0.4, -0.2) is 110 Å². The molecule has 2 N–H and O–H groups in total. The Morgan fingerprint density at radius 2 is 1.04 bits per heavy atom. The molecule has 2 saturated heterocycles. The number of halogens is 6. The molecule has 0 aromatic carbocycles. The van der Waals surface area contributed by atoms with E-state index in [1.807, 2.05) is 14.1 Å². The molecule has 0 unspecified atom stereocenters. The van der Waals surface area contributed by atoms with Crippen LogP contribution in [0.2, 0.25) is 0 Å². The maximum atomic E-state index is 12.6. The Kier molecular flexibility index (Phi) is 14.0. The number of rotatable bonds is 12. The van der Waals surface area contributed by atoms with Gasteiger partial charge in [0.2, 0.25) is 11.8 Å². The molecular weight excluding hydrogens is 702 g/mol. The number of nitrogens with one attached hydrogen (secondary N) is 2. The van der Waals surface area contributed by atoms with Crippen LogP contribution in [0.25, 0.3) is 0 Å². The highest BCUT2D eigenvalue weighted by atomic mass is 19.4. The van der Waals surface area contributed by atoms with E-state index in [-0.39, 0.29) is 48.9 Å². The van der Waals surface area contributed by atoms with Gasteiger partial charge in [0.15, 0.2) is 11.5 Å². The Morgan fingerprint density at radius 1 is 0.692 bits per heavy atom. The number of ether oxygens (including phenoxy) is 4. The lowest BCUT2D eigenvalue weighted by molar-refractivity contribution is -0.276. The molecule has 2 aromatic rings. The summed E-state index contributed by atoms with van der Waals surface area (Å²) in [7, 11) is 3.97. The lowest BCUT2D eigenvalue weighted by Gasteiger charge is -2.27. The molecule has 2 aromatic heterocycles. The molecule has 2 aliphatic heterocycles. The number of pyridine rings is 2. The van der Waals surface area contributed by atoms with Crippen molar-refractivity contribution in [1.82, 2.24) is 30.4 Å². The lowest BCUT2D eigenvalue weighted by Crippen LogP contribution is -2.48. The molecular formula is C34H48F6N6O6. The Morgan fingerprint density at radius 3 is 1.33 bits per heavy atom. The topological polar surface area (TPSA) is 127 Å². The van der Waals surface area contributed by atoms with Gasteiger partial charge in [0.05, 0.1) is 10.8 Å². The molecule has 4 atom stereocenters. The van der Waals surface area contributed by atoms with Gasteiger partial charge in [0.25, 0.3) is 11.8 Å². The first-order valence-corrected chi connectivity index (χ1v) is 16.6. The zero-order valence-electron chi connectivity index (χ0n) is 30.5. The van der Waals surface area contributed by atoms with Gasteiger partial charge >= 0.3 is 12.7 Å². The van der Waals surface area contributed by atoms with Gasteiger partial charge in [0, 0.05) is 50.7 Å². The minimum absolute atomic E-state index is 0.0331. The van der Waals surface area contributed by atoms with Crippen LogP contribution in [0, 0.1) is 22.7 Å². The van der Waals surface area contributed by atoms with Crippen LogP contribution < -0.4 is 29.6 Å². The van der Waals surface area contributed by atoms with Crippen molar-refractivity contribution in [3.05, 3.63) is 36.7 Å². The van der Waals surface area contributed by atoms with Gasteiger partial charge in [-0.3, -0.25) is 9.59 Å². The monoisotopic (exact) mass is 750 g/mol. The molecule has 2 amide bonds. The summed E-state index contributed by atoms with van der Waals surface area (Å²) < 4.78 is 93.2. The van der Waals surface area contributed by atoms with Crippen molar-refractivity contribution in [3.63, 3.8) is 0 Å². The summed E-state index contributed by atoms with van der Waals surface area (Å²) in [4.78, 5) is 36.9. The molecule has 4 heterocycles. The predicted octanol–water partition coefficient (Wildman–Crippen LogP) is 4.90. The van der Waals surface area contributed by atoms with Gasteiger partial charge < -0.3 is 39.4 Å². The van der Waals surface area contributed by atoms with Gasteiger partial charge in [-0.2, -0.15) is 0 Å². The minimum Gasteiger partial charge on any atom is -0.474 e. The first-order chi connectivity index (χ1) is 24.0. The molecule has 292 valence electrons. The third-order valence-electron chi connectivity index (χ3n) is 8.52. The maximum Gasteiger partial charge on any atom is 0.573 e. The SMILES string of the molecule is C[C@@H]1CN(C)C[C@H]1NC(=O)C(C)(C)COc1ncccc1OC(F)(F)F.C[C@H]1CN(C)C[C@@H]1NC(=O)C(C)(C)COc1ncccc1OC(F)(F)F. The number of carbonyl (C=O) groups excluding carboxylic acids is 2. The van der Waals surface area contributed by atoms with Gasteiger partial charge in [0.1, 0.15) is 13.2 Å². The summed E-state index contributed by atoms with van der Waals surface area (Å²) in [6.07, 6.45) is -7.11. The van der Waals surface area contributed by atoms with Gasteiger partial charge in [-0.05, 0) is 77.9 Å². The number of amides is 2.